The quantitative estimate of drug-likeness (QED) is 0.766. The smallest absolute Gasteiger partial charge is 0.0249 e. The first kappa shape index (κ1) is 11.4. The number of hydrogen-bond acceptors (Lipinski definition) is 2. The van der Waals surface area contributed by atoms with E-state index in [0.29, 0.717) is 0 Å². The second-order valence-corrected chi connectivity index (χ2v) is 5.16. The van der Waals surface area contributed by atoms with Gasteiger partial charge < -0.3 is 5.32 Å². The van der Waals surface area contributed by atoms with Crippen LogP contribution in [0.5, 0.6) is 0 Å². The predicted octanol–water partition coefficient (Wildman–Crippen LogP) is 2.39. The van der Waals surface area contributed by atoms with Crippen molar-refractivity contribution in [1.82, 2.24) is 10.2 Å². The standard InChI is InChI=1S/C13H26N2/c1-2-3-10-15-11-5-4-8-13(15)12-7-6-9-14-12/h12-14H,2-11H2,1H3. The molecule has 2 rings (SSSR count). The van der Waals surface area contributed by atoms with E-state index in [9.17, 15) is 0 Å². The lowest BCUT2D eigenvalue weighted by Crippen LogP contribution is -2.50. The van der Waals surface area contributed by atoms with Crippen molar-refractivity contribution in [2.24, 2.45) is 0 Å². The van der Waals surface area contributed by atoms with Crippen LogP contribution in [0, 0.1) is 0 Å². The van der Waals surface area contributed by atoms with Crippen molar-refractivity contribution in [3.63, 3.8) is 0 Å². The zero-order chi connectivity index (χ0) is 10.5. The van der Waals surface area contributed by atoms with Gasteiger partial charge in [0.1, 0.15) is 0 Å². The third-order valence-corrected chi connectivity index (χ3v) is 4.03. The highest BCUT2D eigenvalue weighted by Gasteiger charge is 2.30. The third-order valence-electron chi connectivity index (χ3n) is 4.03. The SMILES string of the molecule is CCCCN1CCCCC1C1CCCN1. The van der Waals surface area contributed by atoms with Gasteiger partial charge in [-0.15, -0.1) is 0 Å². The van der Waals surface area contributed by atoms with Crippen molar-refractivity contribution in [3.8, 4) is 0 Å². The summed E-state index contributed by atoms with van der Waals surface area (Å²) < 4.78 is 0. The van der Waals surface area contributed by atoms with E-state index in [0.717, 1.165) is 12.1 Å². The van der Waals surface area contributed by atoms with Crippen LogP contribution in [0.1, 0.15) is 51.9 Å². The molecule has 1 N–H and O–H groups in total. The summed E-state index contributed by atoms with van der Waals surface area (Å²) in [4.78, 5) is 2.76. The molecule has 0 bridgehead atoms. The third kappa shape index (κ3) is 2.94. The molecular weight excluding hydrogens is 184 g/mol. The minimum atomic E-state index is 0.808. The molecule has 0 aromatic carbocycles. The minimum absolute atomic E-state index is 0.808. The number of nitrogens with one attached hydrogen (secondary N) is 1. The molecule has 2 atom stereocenters. The molecule has 2 fully saturated rings. The van der Waals surface area contributed by atoms with Crippen LogP contribution in [0.15, 0.2) is 0 Å². The Morgan fingerprint density at radius 2 is 2.13 bits per heavy atom. The van der Waals surface area contributed by atoms with Gasteiger partial charge >= 0.3 is 0 Å². The van der Waals surface area contributed by atoms with Crippen molar-refractivity contribution in [2.45, 2.75) is 64.0 Å². The Labute approximate surface area is 94.4 Å². The Morgan fingerprint density at radius 1 is 1.20 bits per heavy atom. The van der Waals surface area contributed by atoms with Gasteiger partial charge in [0.15, 0.2) is 0 Å². The molecule has 0 spiro atoms. The number of piperidine rings is 1. The fraction of sp³-hybridized carbons (Fsp3) is 1.00. The topological polar surface area (TPSA) is 15.3 Å². The highest BCUT2D eigenvalue weighted by Crippen LogP contribution is 2.24. The average Bonchev–Trinajstić information content (AvgIpc) is 2.80. The number of hydrogen-bond donors (Lipinski definition) is 1. The minimum Gasteiger partial charge on any atom is -0.312 e. The molecule has 0 aliphatic carbocycles. The number of likely N-dealkylation sites (tertiary alicyclic amines) is 1. The van der Waals surface area contributed by atoms with Crippen LogP contribution in [0.25, 0.3) is 0 Å². The van der Waals surface area contributed by atoms with Gasteiger partial charge in [0.05, 0.1) is 0 Å². The van der Waals surface area contributed by atoms with Crippen LogP contribution in [0.3, 0.4) is 0 Å². The van der Waals surface area contributed by atoms with Crippen molar-refractivity contribution >= 4 is 0 Å². The normalized spacial score (nSPS) is 33.4. The molecule has 88 valence electrons. The highest BCUT2D eigenvalue weighted by atomic mass is 15.2. The first-order valence-corrected chi connectivity index (χ1v) is 6.89. The van der Waals surface area contributed by atoms with E-state index < -0.39 is 0 Å². The maximum absolute atomic E-state index is 3.69. The van der Waals surface area contributed by atoms with Crippen molar-refractivity contribution in [1.29, 1.82) is 0 Å². The molecule has 2 unspecified atom stereocenters. The Balaban J connectivity index is 1.86. The van der Waals surface area contributed by atoms with Crippen LogP contribution in [-0.4, -0.2) is 36.6 Å². The Kier molecular flexibility index (Phi) is 4.45. The van der Waals surface area contributed by atoms with Gasteiger partial charge in [-0.2, -0.15) is 0 Å². The van der Waals surface area contributed by atoms with Crippen LogP contribution in [0.2, 0.25) is 0 Å². The van der Waals surface area contributed by atoms with Gasteiger partial charge in [0.2, 0.25) is 0 Å². The maximum atomic E-state index is 3.69. The number of unbranched alkanes of at least 4 members (excludes halogenated alkanes) is 1. The van der Waals surface area contributed by atoms with Crippen molar-refractivity contribution in [3.05, 3.63) is 0 Å². The first-order valence-electron chi connectivity index (χ1n) is 6.89. The van der Waals surface area contributed by atoms with Gasteiger partial charge in [-0.3, -0.25) is 4.90 Å². The molecule has 2 aliphatic rings. The zero-order valence-electron chi connectivity index (χ0n) is 10.2. The first-order chi connectivity index (χ1) is 7.42. The monoisotopic (exact) mass is 210 g/mol. The van der Waals surface area contributed by atoms with Crippen LogP contribution >= 0.6 is 0 Å². The van der Waals surface area contributed by atoms with E-state index >= 15 is 0 Å². The summed E-state index contributed by atoms with van der Waals surface area (Å²) in [5.41, 5.74) is 0. The summed E-state index contributed by atoms with van der Waals surface area (Å²) in [6.07, 6.45) is 9.82. The average molecular weight is 210 g/mol. The van der Waals surface area contributed by atoms with Crippen LogP contribution in [0.4, 0.5) is 0 Å². The second-order valence-electron chi connectivity index (χ2n) is 5.16. The maximum Gasteiger partial charge on any atom is 0.0249 e. The van der Waals surface area contributed by atoms with Gasteiger partial charge in [-0.05, 0) is 51.7 Å². The molecule has 2 saturated heterocycles. The zero-order valence-corrected chi connectivity index (χ0v) is 10.2. The molecular formula is C13H26N2. The summed E-state index contributed by atoms with van der Waals surface area (Å²) in [7, 11) is 0. The summed E-state index contributed by atoms with van der Waals surface area (Å²) in [6, 6.07) is 1.66. The lowest BCUT2D eigenvalue weighted by molar-refractivity contribution is 0.118. The van der Waals surface area contributed by atoms with Gasteiger partial charge in [-0.25, -0.2) is 0 Å². The van der Waals surface area contributed by atoms with Gasteiger partial charge in [0.25, 0.3) is 0 Å². The predicted molar refractivity (Wildman–Crippen MR) is 65.1 cm³/mol. The molecule has 0 radical (unpaired) electrons. The summed E-state index contributed by atoms with van der Waals surface area (Å²) in [5, 5.41) is 3.69. The fourth-order valence-corrected chi connectivity index (χ4v) is 3.15. The summed E-state index contributed by atoms with van der Waals surface area (Å²) in [5.74, 6) is 0. The van der Waals surface area contributed by atoms with Crippen molar-refractivity contribution in [2.75, 3.05) is 19.6 Å². The molecule has 2 heteroatoms. The molecule has 0 amide bonds. The number of rotatable bonds is 4. The summed E-state index contributed by atoms with van der Waals surface area (Å²) in [6.45, 7) is 6.23. The lowest BCUT2D eigenvalue weighted by atomic mass is 9.94. The van der Waals surface area contributed by atoms with Gasteiger partial charge in [-0.1, -0.05) is 19.8 Å². The Bertz CT molecular complexity index is 175. The van der Waals surface area contributed by atoms with E-state index in [2.05, 4.69) is 17.1 Å². The van der Waals surface area contributed by atoms with E-state index in [1.807, 2.05) is 0 Å². The Morgan fingerprint density at radius 3 is 2.87 bits per heavy atom. The van der Waals surface area contributed by atoms with E-state index in [-0.39, 0.29) is 0 Å². The highest BCUT2D eigenvalue weighted by molar-refractivity contribution is 4.90. The largest absolute Gasteiger partial charge is 0.312 e. The molecule has 0 aromatic heterocycles. The van der Waals surface area contributed by atoms with Gasteiger partial charge in [0, 0.05) is 12.1 Å². The Hall–Kier alpha value is -0.0800. The second kappa shape index (κ2) is 5.86. The molecule has 2 nitrogen and oxygen atoms in total. The van der Waals surface area contributed by atoms with E-state index in [1.54, 1.807) is 0 Å². The number of nitrogens with zero attached hydrogens (tertiary/aromatic N) is 1. The van der Waals surface area contributed by atoms with Crippen LogP contribution in [-0.2, 0) is 0 Å². The molecule has 15 heavy (non-hydrogen) atoms. The molecule has 2 heterocycles. The van der Waals surface area contributed by atoms with E-state index in [1.165, 1.54) is 64.6 Å². The molecule has 2 aliphatic heterocycles. The van der Waals surface area contributed by atoms with Crippen LogP contribution < -0.4 is 5.32 Å². The van der Waals surface area contributed by atoms with E-state index in [4.69, 9.17) is 0 Å². The molecule has 0 aromatic rings. The summed E-state index contributed by atoms with van der Waals surface area (Å²) >= 11 is 0. The lowest BCUT2D eigenvalue weighted by Gasteiger charge is -2.39. The fourth-order valence-electron chi connectivity index (χ4n) is 3.15. The van der Waals surface area contributed by atoms with Crippen molar-refractivity contribution < 1.29 is 0 Å². The molecule has 0 saturated carbocycles.